The van der Waals surface area contributed by atoms with E-state index in [4.69, 9.17) is 14.5 Å². The average molecular weight is 447 g/mol. The smallest absolute Gasteiger partial charge is 0.233 e. The molecular formula is C24H26N6O3. The van der Waals surface area contributed by atoms with E-state index in [0.29, 0.717) is 62.3 Å². The highest BCUT2D eigenvalue weighted by Gasteiger charge is 2.34. The summed E-state index contributed by atoms with van der Waals surface area (Å²) in [5.41, 5.74) is 2.81. The van der Waals surface area contributed by atoms with E-state index < -0.39 is 0 Å². The molecule has 0 radical (unpaired) electrons. The lowest BCUT2D eigenvalue weighted by molar-refractivity contribution is -0.130. The molecule has 170 valence electrons. The number of benzene rings is 1. The second kappa shape index (κ2) is 8.73. The molecule has 4 heterocycles. The molecule has 0 N–H and O–H groups in total. The van der Waals surface area contributed by atoms with E-state index >= 15 is 0 Å². The molecule has 1 fully saturated rings. The van der Waals surface area contributed by atoms with Crippen LogP contribution in [0.5, 0.6) is 0 Å². The molecule has 0 aliphatic carbocycles. The number of hydrogen-bond acceptors (Lipinski definition) is 7. The van der Waals surface area contributed by atoms with Gasteiger partial charge in [0.15, 0.2) is 5.82 Å². The molecule has 0 unspecified atom stereocenters. The number of amides is 2. The quantitative estimate of drug-likeness (QED) is 0.573. The molecule has 1 saturated heterocycles. The van der Waals surface area contributed by atoms with Gasteiger partial charge in [0.05, 0.1) is 13.0 Å². The SMILES string of the molecule is Cc1noc(CCC(=O)N2CC[C@@H](c3nc(C)c4c(n3)N(Cc3ccccc3)C(=O)C4)C2)n1. The van der Waals surface area contributed by atoms with Crippen molar-refractivity contribution in [2.75, 3.05) is 18.0 Å². The molecule has 1 atom stereocenters. The van der Waals surface area contributed by atoms with Crippen LogP contribution in [0, 0.1) is 13.8 Å². The van der Waals surface area contributed by atoms with Crippen molar-refractivity contribution in [3.63, 3.8) is 0 Å². The first-order valence-corrected chi connectivity index (χ1v) is 11.3. The second-order valence-electron chi connectivity index (χ2n) is 8.67. The molecule has 3 aromatic rings. The second-order valence-corrected chi connectivity index (χ2v) is 8.67. The summed E-state index contributed by atoms with van der Waals surface area (Å²) < 4.78 is 5.10. The summed E-state index contributed by atoms with van der Waals surface area (Å²) in [5, 5.41) is 3.76. The van der Waals surface area contributed by atoms with E-state index in [1.54, 1.807) is 11.8 Å². The molecule has 5 rings (SSSR count). The number of aromatic nitrogens is 4. The molecule has 0 saturated carbocycles. The van der Waals surface area contributed by atoms with Crippen LogP contribution >= 0.6 is 0 Å². The Hall–Kier alpha value is -3.62. The van der Waals surface area contributed by atoms with Crippen LogP contribution in [0.2, 0.25) is 0 Å². The highest BCUT2D eigenvalue weighted by Crippen LogP contribution is 2.33. The monoisotopic (exact) mass is 446 g/mol. The first kappa shape index (κ1) is 21.2. The van der Waals surface area contributed by atoms with Gasteiger partial charge in [-0.3, -0.25) is 14.5 Å². The van der Waals surface area contributed by atoms with Gasteiger partial charge in [0, 0.05) is 43.1 Å². The largest absolute Gasteiger partial charge is 0.342 e. The maximum absolute atomic E-state index is 12.7. The number of carbonyl (C=O) groups is 2. The third kappa shape index (κ3) is 4.35. The Morgan fingerprint density at radius 2 is 1.97 bits per heavy atom. The van der Waals surface area contributed by atoms with Crippen molar-refractivity contribution in [2.24, 2.45) is 0 Å². The lowest BCUT2D eigenvalue weighted by atomic mass is 10.1. The van der Waals surface area contributed by atoms with Crippen LogP contribution in [0.4, 0.5) is 5.82 Å². The van der Waals surface area contributed by atoms with E-state index in [2.05, 4.69) is 10.1 Å². The fraction of sp³-hybridized carbons (Fsp3) is 0.417. The molecule has 2 aromatic heterocycles. The van der Waals surface area contributed by atoms with Gasteiger partial charge < -0.3 is 9.42 Å². The van der Waals surface area contributed by atoms with Gasteiger partial charge in [-0.1, -0.05) is 35.5 Å². The van der Waals surface area contributed by atoms with E-state index in [1.165, 1.54) is 0 Å². The van der Waals surface area contributed by atoms with Crippen LogP contribution in [0.25, 0.3) is 0 Å². The minimum Gasteiger partial charge on any atom is -0.342 e. The van der Waals surface area contributed by atoms with Gasteiger partial charge in [-0.25, -0.2) is 9.97 Å². The predicted molar refractivity (Wildman–Crippen MR) is 119 cm³/mol. The zero-order valence-corrected chi connectivity index (χ0v) is 18.8. The van der Waals surface area contributed by atoms with Crippen LogP contribution in [0.1, 0.15) is 53.1 Å². The molecule has 0 spiro atoms. The van der Waals surface area contributed by atoms with Gasteiger partial charge in [0.25, 0.3) is 0 Å². The highest BCUT2D eigenvalue weighted by molar-refractivity contribution is 6.00. The van der Waals surface area contributed by atoms with Crippen molar-refractivity contribution >= 4 is 17.6 Å². The van der Waals surface area contributed by atoms with E-state index in [0.717, 1.165) is 23.2 Å². The summed E-state index contributed by atoms with van der Waals surface area (Å²) >= 11 is 0. The number of hydrogen-bond donors (Lipinski definition) is 0. The molecule has 0 bridgehead atoms. The summed E-state index contributed by atoms with van der Waals surface area (Å²) in [6.07, 6.45) is 1.90. The number of rotatable bonds is 6. The molecule has 33 heavy (non-hydrogen) atoms. The first-order valence-electron chi connectivity index (χ1n) is 11.3. The highest BCUT2D eigenvalue weighted by atomic mass is 16.5. The maximum atomic E-state index is 12.7. The Labute approximate surface area is 191 Å². The zero-order valence-electron chi connectivity index (χ0n) is 18.8. The fourth-order valence-electron chi connectivity index (χ4n) is 4.52. The number of aryl methyl sites for hydroxylation is 3. The molecule has 9 heteroatoms. The Balaban J connectivity index is 1.29. The number of anilines is 1. The maximum Gasteiger partial charge on any atom is 0.233 e. The molecular weight excluding hydrogens is 420 g/mol. The minimum absolute atomic E-state index is 0.0443. The molecule has 2 aliphatic heterocycles. The fourth-order valence-corrected chi connectivity index (χ4v) is 4.52. The lowest BCUT2D eigenvalue weighted by Crippen LogP contribution is -2.29. The molecule has 1 aromatic carbocycles. The number of likely N-dealkylation sites (tertiary alicyclic amines) is 1. The van der Waals surface area contributed by atoms with Gasteiger partial charge in [-0.2, -0.15) is 4.98 Å². The van der Waals surface area contributed by atoms with Crippen LogP contribution in [0.15, 0.2) is 34.9 Å². The standard InChI is InChI=1S/C24H26N6O3/c1-15-19-12-22(32)30(13-17-6-4-3-5-7-17)24(19)27-23(25-15)18-10-11-29(14-18)21(31)9-8-20-26-16(2)28-33-20/h3-7,18H,8-14H2,1-2H3/t18-/m1/s1. The zero-order chi connectivity index (χ0) is 22.9. The number of carbonyl (C=O) groups excluding carboxylic acids is 2. The van der Waals surface area contributed by atoms with Crippen molar-refractivity contribution in [1.29, 1.82) is 0 Å². The van der Waals surface area contributed by atoms with Gasteiger partial charge in [-0.05, 0) is 25.8 Å². The summed E-state index contributed by atoms with van der Waals surface area (Å²) in [7, 11) is 0. The summed E-state index contributed by atoms with van der Waals surface area (Å²) in [5.74, 6) is 2.64. The van der Waals surface area contributed by atoms with Gasteiger partial charge >= 0.3 is 0 Å². The summed E-state index contributed by atoms with van der Waals surface area (Å²) in [4.78, 5) is 42.8. The molecule has 2 aliphatic rings. The lowest BCUT2D eigenvalue weighted by Gasteiger charge is -2.19. The third-order valence-electron chi connectivity index (χ3n) is 6.31. The van der Waals surface area contributed by atoms with Gasteiger partial charge in [0.2, 0.25) is 17.7 Å². The van der Waals surface area contributed by atoms with Crippen LogP contribution in [-0.4, -0.2) is 49.9 Å². The molecule has 9 nitrogen and oxygen atoms in total. The number of fused-ring (bicyclic) bond motifs is 1. The van der Waals surface area contributed by atoms with E-state index in [9.17, 15) is 9.59 Å². The Morgan fingerprint density at radius 1 is 1.15 bits per heavy atom. The Morgan fingerprint density at radius 3 is 2.73 bits per heavy atom. The van der Waals surface area contributed by atoms with Crippen LogP contribution in [0.3, 0.4) is 0 Å². The third-order valence-corrected chi connectivity index (χ3v) is 6.31. The van der Waals surface area contributed by atoms with Crippen molar-refractivity contribution in [1.82, 2.24) is 25.0 Å². The van der Waals surface area contributed by atoms with Crippen molar-refractivity contribution in [3.8, 4) is 0 Å². The summed E-state index contributed by atoms with van der Waals surface area (Å²) in [6, 6.07) is 9.92. The minimum atomic E-state index is 0.0443. The van der Waals surface area contributed by atoms with Crippen LogP contribution < -0.4 is 4.90 Å². The van der Waals surface area contributed by atoms with Crippen molar-refractivity contribution in [2.45, 2.75) is 52.0 Å². The van der Waals surface area contributed by atoms with E-state index in [1.807, 2.05) is 42.2 Å². The topological polar surface area (TPSA) is 105 Å². The average Bonchev–Trinajstić information content (AvgIpc) is 3.53. The normalized spacial score (nSPS) is 17.6. The Bertz CT molecular complexity index is 1190. The van der Waals surface area contributed by atoms with E-state index in [-0.39, 0.29) is 17.7 Å². The summed E-state index contributed by atoms with van der Waals surface area (Å²) in [6.45, 7) is 5.43. The number of nitrogens with zero attached hydrogens (tertiary/aromatic N) is 6. The van der Waals surface area contributed by atoms with Crippen LogP contribution in [-0.2, 0) is 29.0 Å². The first-order chi connectivity index (χ1) is 16.0. The predicted octanol–water partition coefficient (Wildman–Crippen LogP) is 2.51. The molecule has 2 amide bonds. The van der Waals surface area contributed by atoms with Gasteiger partial charge in [0.1, 0.15) is 11.6 Å². The van der Waals surface area contributed by atoms with Crippen molar-refractivity contribution < 1.29 is 14.1 Å². The van der Waals surface area contributed by atoms with Gasteiger partial charge in [-0.15, -0.1) is 0 Å². The van der Waals surface area contributed by atoms with Crippen molar-refractivity contribution in [3.05, 3.63) is 64.7 Å². The Kier molecular flexibility index (Phi) is 5.62.